The lowest BCUT2D eigenvalue weighted by atomic mass is 9.77. The van der Waals surface area contributed by atoms with E-state index in [-0.39, 0.29) is 6.10 Å². The van der Waals surface area contributed by atoms with Crippen LogP contribution in [0.3, 0.4) is 0 Å². The van der Waals surface area contributed by atoms with Crippen LogP contribution in [0.5, 0.6) is 0 Å². The number of nitrogens with zero attached hydrogens (tertiary/aromatic N) is 1. The summed E-state index contributed by atoms with van der Waals surface area (Å²) in [5.74, 6) is 1.37. The molecule has 114 valence electrons. The van der Waals surface area contributed by atoms with Gasteiger partial charge in [-0.1, -0.05) is 19.3 Å². The summed E-state index contributed by atoms with van der Waals surface area (Å²) in [5, 5.41) is 10.3. The average molecular weight is 279 g/mol. The van der Waals surface area contributed by atoms with Gasteiger partial charge in [-0.05, 0) is 50.9 Å². The van der Waals surface area contributed by atoms with Gasteiger partial charge < -0.3 is 10.0 Å². The molecular formula is C17H29NO2. The minimum atomic E-state index is -0.175. The maximum Gasteiger partial charge on any atom is 0.223 e. The lowest BCUT2D eigenvalue weighted by molar-refractivity contribution is -0.140. The van der Waals surface area contributed by atoms with Crippen molar-refractivity contribution >= 4 is 5.91 Å². The molecule has 3 fully saturated rings. The topological polar surface area (TPSA) is 40.5 Å². The van der Waals surface area contributed by atoms with E-state index in [0.29, 0.717) is 23.8 Å². The maximum atomic E-state index is 12.6. The Morgan fingerprint density at radius 3 is 2.40 bits per heavy atom. The first-order valence-corrected chi connectivity index (χ1v) is 8.73. The van der Waals surface area contributed by atoms with Crippen molar-refractivity contribution in [1.29, 1.82) is 0 Å². The van der Waals surface area contributed by atoms with Crippen molar-refractivity contribution in [3.8, 4) is 0 Å². The van der Waals surface area contributed by atoms with Crippen LogP contribution < -0.4 is 0 Å². The molecule has 1 heterocycles. The molecule has 3 aliphatic rings. The van der Waals surface area contributed by atoms with Crippen molar-refractivity contribution in [3.05, 3.63) is 0 Å². The van der Waals surface area contributed by atoms with Gasteiger partial charge in [-0.2, -0.15) is 0 Å². The molecule has 0 spiro atoms. The Kier molecular flexibility index (Phi) is 4.65. The standard InChI is InChI=1S/C17H29NO2/c19-16-10-2-1-8-14(16)15-9-3-4-11-18(15)17(20)12-13-6-5-7-13/h13-16,19H,1-12H2. The fraction of sp³-hybridized carbons (Fsp3) is 0.941. The Morgan fingerprint density at radius 2 is 1.70 bits per heavy atom. The molecule has 0 aromatic rings. The van der Waals surface area contributed by atoms with E-state index >= 15 is 0 Å². The van der Waals surface area contributed by atoms with Crippen LogP contribution in [0.15, 0.2) is 0 Å². The molecule has 2 saturated carbocycles. The van der Waals surface area contributed by atoms with Crippen LogP contribution in [0.25, 0.3) is 0 Å². The van der Waals surface area contributed by atoms with E-state index in [1.165, 1.54) is 32.1 Å². The summed E-state index contributed by atoms with van der Waals surface area (Å²) >= 11 is 0. The Hall–Kier alpha value is -0.570. The smallest absolute Gasteiger partial charge is 0.223 e. The number of carbonyl (C=O) groups excluding carboxylic acids is 1. The first kappa shape index (κ1) is 14.4. The van der Waals surface area contributed by atoms with Crippen LogP contribution in [0.2, 0.25) is 0 Å². The number of piperidine rings is 1. The van der Waals surface area contributed by atoms with Crippen LogP contribution in [0.4, 0.5) is 0 Å². The largest absolute Gasteiger partial charge is 0.393 e. The highest BCUT2D eigenvalue weighted by Gasteiger charge is 2.38. The van der Waals surface area contributed by atoms with Gasteiger partial charge in [0, 0.05) is 24.9 Å². The Labute approximate surface area is 122 Å². The summed E-state index contributed by atoms with van der Waals surface area (Å²) in [5.41, 5.74) is 0. The molecule has 1 aliphatic heterocycles. The summed E-state index contributed by atoms with van der Waals surface area (Å²) < 4.78 is 0. The molecule has 20 heavy (non-hydrogen) atoms. The molecule has 0 radical (unpaired) electrons. The van der Waals surface area contributed by atoms with Gasteiger partial charge in [0.15, 0.2) is 0 Å². The fourth-order valence-corrected chi connectivity index (χ4v) is 4.36. The molecule has 1 saturated heterocycles. The summed E-state index contributed by atoms with van der Waals surface area (Å²) in [7, 11) is 0. The predicted octanol–water partition coefficient (Wildman–Crippen LogP) is 3.11. The van der Waals surface area contributed by atoms with E-state index in [4.69, 9.17) is 0 Å². The second kappa shape index (κ2) is 6.46. The van der Waals surface area contributed by atoms with Gasteiger partial charge in [-0.25, -0.2) is 0 Å². The third-order valence-corrected chi connectivity index (χ3v) is 5.83. The highest BCUT2D eigenvalue weighted by atomic mass is 16.3. The molecule has 0 aromatic heterocycles. The molecule has 2 aliphatic carbocycles. The fourth-order valence-electron chi connectivity index (χ4n) is 4.36. The van der Waals surface area contributed by atoms with Gasteiger partial charge in [-0.3, -0.25) is 4.79 Å². The minimum absolute atomic E-state index is 0.175. The number of hydrogen-bond acceptors (Lipinski definition) is 2. The van der Waals surface area contributed by atoms with E-state index in [1.807, 2.05) is 0 Å². The third-order valence-electron chi connectivity index (χ3n) is 5.83. The summed E-state index contributed by atoms with van der Waals surface area (Å²) in [6.07, 6.45) is 12.3. The Morgan fingerprint density at radius 1 is 0.950 bits per heavy atom. The van der Waals surface area contributed by atoms with Crippen molar-refractivity contribution in [2.24, 2.45) is 11.8 Å². The van der Waals surface area contributed by atoms with Crippen LogP contribution in [0.1, 0.15) is 70.6 Å². The van der Waals surface area contributed by atoms with E-state index in [9.17, 15) is 9.90 Å². The first-order valence-electron chi connectivity index (χ1n) is 8.73. The first-order chi connectivity index (χ1) is 9.75. The SMILES string of the molecule is O=C(CC1CCC1)N1CCCCC1C1CCCCC1O. The van der Waals surface area contributed by atoms with Crippen molar-refractivity contribution in [2.75, 3.05) is 6.54 Å². The maximum absolute atomic E-state index is 12.6. The van der Waals surface area contributed by atoms with Gasteiger partial charge in [0.25, 0.3) is 0 Å². The van der Waals surface area contributed by atoms with Crippen LogP contribution in [0, 0.1) is 11.8 Å². The van der Waals surface area contributed by atoms with E-state index in [0.717, 1.165) is 45.1 Å². The van der Waals surface area contributed by atoms with Crippen molar-refractivity contribution in [2.45, 2.75) is 82.8 Å². The number of aliphatic hydroxyl groups is 1. The van der Waals surface area contributed by atoms with E-state index in [1.54, 1.807) is 0 Å². The van der Waals surface area contributed by atoms with Crippen molar-refractivity contribution < 1.29 is 9.90 Å². The zero-order valence-corrected chi connectivity index (χ0v) is 12.6. The predicted molar refractivity (Wildman–Crippen MR) is 79.3 cm³/mol. The third kappa shape index (κ3) is 3.03. The second-order valence-electron chi connectivity index (χ2n) is 7.17. The van der Waals surface area contributed by atoms with Gasteiger partial charge in [0.2, 0.25) is 5.91 Å². The van der Waals surface area contributed by atoms with Gasteiger partial charge in [0.05, 0.1) is 6.10 Å². The van der Waals surface area contributed by atoms with Crippen molar-refractivity contribution in [1.82, 2.24) is 4.90 Å². The minimum Gasteiger partial charge on any atom is -0.393 e. The zero-order valence-electron chi connectivity index (χ0n) is 12.6. The molecule has 3 atom stereocenters. The number of hydrogen-bond donors (Lipinski definition) is 1. The van der Waals surface area contributed by atoms with E-state index < -0.39 is 0 Å². The Balaban J connectivity index is 1.64. The molecule has 3 rings (SSSR count). The van der Waals surface area contributed by atoms with Gasteiger partial charge in [-0.15, -0.1) is 0 Å². The quantitative estimate of drug-likeness (QED) is 0.862. The normalized spacial score (nSPS) is 35.6. The zero-order chi connectivity index (χ0) is 13.9. The van der Waals surface area contributed by atoms with Gasteiger partial charge >= 0.3 is 0 Å². The molecule has 3 nitrogen and oxygen atoms in total. The lowest BCUT2D eigenvalue weighted by Gasteiger charge is -2.44. The summed E-state index contributed by atoms with van der Waals surface area (Å²) in [6, 6.07) is 0.326. The number of rotatable bonds is 3. The van der Waals surface area contributed by atoms with E-state index in [2.05, 4.69) is 4.90 Å². The molecule has 1 N–H and O–H groups in total. The molecule has 3 heteroatoms. The van der Waals surface area contributed by atoms with Crippen LogP contribution in [-0.4, -0.2) is 34.6 Å². The van der Waals surface area contributed by atoms with Crippen LogP contribution >= 0.6 is 0 Å². The molecular weight excluding hydrogens is 250 g/mol. The lowest BCUT2D eigenvalue weighted by Crippen LogP contribution is -2.51. The number of amides is 1. The molecule has 0 aromatic carbocycles. The average Bonchev–Trinajstić information content (AvgIpc) is 2.43. The number of carbonyl (C=O) groups is 1. The van der Waals surface area contributed by atoms with Crippen molar-refractivity contribution in [3.63, 3.8) is 0 Å². The summed E-state index contributed by atoms with van der Waals surface area (Å²) in [6.45, 7) is 0.930. The van der Waals surface area contributed by atoms with Crippen LogP contribution in [-0.2, 0) is 4.79 Å². The highest BCUT2D eigenvalue weighted by Crippen LogP contribution is 2.36. The summed E-state index contributed by atoms with van der Waals surface area (Å²) in [4.78, 5) is 14.8. The molecule has 0 bridgehead atoms. The second-order valence-corrected chi connectivity index (χ2v) is 7.17. The molecule has 1 amide bonds. The highest BCUT2D eigenvalue weighted by molar-refractivity contribution is 5.77. The number of aliphatic hydroxyl groups excluding tert-OH is 1. The van der Waals surface area contributed by atoms with Gasteiger partial charge in [0.1, 0.15) is 0 Å². The molecule has 3 unspecified atom stereocenters. The monoisotopic (exact) mass is 279 g/mol. The number of likely N-dealkylation sites (tertiary alicyclic amines) is 1. The Bertz CT molecular complexity index is 340.